The molecule has 4 rings (SSSR count). The van der Waals surface area contributed by atoms with E-state index in [-0.39, 0.29) is 6.04 Å². The molecule has 2 bridgehead atoms. The van der Waals surface area contributed by atoms with Crippen molar-refractivity contribution in [1.29, 1.82) is 0 Å². The van der Waals surface area contributed by atoms with Crippen LogP contribution >= 0.6 is 0 Å². The van der Waals surface area contributed by atoms with E-state index in [0.717, 1.165) is 25.4 Å². The van der Waals surface area contributed by atoms with Crippen LogP contribution < -0.4 is 10.5 Å². The Morgan fingerprint density at radius 2 is 2.06 bits per heavy atom. The first-order valence-corrected chi connectivity index (χ1v) is 6.64. The normalized spacial score (nSPS) is 32.2. The second kappa shape index (κ2) is 4.88. The van der Waals surface area contributed by atoms with Crippen LogP contribution in [-0.4, -0.2) is 55.7 Å². The summed E-state index contributed by atoms with van der Waals surface area (Å²) in [5, 5.41) is 0. The third kappa shape index (κ3) is 2.11. The Hall–Kier alpha value is -1.10. The first-order valence-electron chi connectivity index (χ1n) is 6.64. The van der Waals surface area contributed by atoms with Crippen LogP contribution in [0.3, 0.4) is 0 Å². The summed E-state index contributed by atoms with van der Waals surface area (Å²) in [6.45, 7) is 5.80. The maximum atomic E-state index is 6.46. The van der Waals surface area contributed by atoms with Gasteiger partial charge >= 0.3 is 0 Å². The van der Waals surface area contributed by atoms with E-state index in [2.05, 4.69) is 21.9 Å². The first kappa shape index (κ1) is 12.0. The number of ether oxygens (including phenoxy) is 1. The molecule has 4 nitrogen and oxygen atoms in total. The SMILES string of the molecule is COc1cccc(C(N)C2CN3CCN2CC3)c1. The van der Waals surface area contributed by atoms with Crippen molar-refractivity contribution >= 4 is 0 Å². The fourth-order valence-electron chi connectivity index (χ4n) is 3.07. The second-order valence-corrected chi connectivity index (χ2v) is 5.21. The van der Waals surface area contributed by atoms with Gasteiger partial charge in [-0.3, -0.25) is 9.80 Å². The summed E-state index contributed by atoms with van der Waals surface area (Å²) >= 11 is 0. The third-order valence-corrected chi connectivity index (χ3v) is 4.21. The molecule has 3 heterocycles. The van der Waals surface area contributed by atoms with Crippen LogP contribution in [0.15, 0.2) is 24.3 Å². The summed E-state index contributed by atoms with van der Waals surface area (Å²) in [6, 6.07) is 8.66. The number of piperazine rings is 3. The Morgan fingerprint density at radius 3 is 2.67 bits per heavy atom. The topological polar surface area (TPSA) is 41.7 Å². The molecule has 2 unspecified atom stereocenters. The highest BCUT2D eigenvalue weighted by Gasteiger charge is 2.35. The summed E-state index contributed by atoms with van der Waals surface area (Å²) in [6.07, 6.45) is 0. The lowest BCUT2D eigenvalue weighted by Gasteiger charge is -2.49. The Bertz CT molecular complexity index is 415. The molecule has 98 valence electrons. The maximum Gasteiger partial charge on any atom is 0.119 e. The molecule has 18 heavy (non-hydrogen) atoms. The zero-order chi connectivity index (χ0) is 12.5. The molecular formula is C14H21N3O. The Morgan fingerprint density at radius 1 is 1.28 bits per heavy atom. The van der Waals surface area contributed by atoms with Crippen molar-refractivity contribution in [3.05, 3.63) is 29.8 Å². The Balaban J connectivity index is 1.79. The fraction of sp³-hybridized carbons (Fsp3) is 0.571. The standard InChI is InChI=1S/C14H21N3O/c1-18-12-4-2-3-11(9-12)14(15)13-10-16-5-7-17(13)8-6-16/h2-4,9,13-14H,5-8,10,15H2,1H3. The lowest BCUT2D eigenvalue weighted by atomic mass is 9.94. The summed E-state index contributed by atoms with van der Waals surface area (Å²) in [5.41, 5.74) is 7.63. The molecule has 0 amide bonds. The van der Waals surface area contributed by atoms with E-state index in [0.29, 0.717) is 6.04 Å². The van der Waals surface area contributed by atoms with Crippen molar-refractivity contribution in [2.75, 3.05) is 39.8 Å². The van der Waals surface area contributed by atoms with Gasteiger partial charge in [-0.2, -0.15) is 0 Å². The molecule has 0 aromatic heterocycles. The highest BCUT2D eigenvalue weighted by Crippen LogP contribution is 2.27. The van der Waals surface area contributed by atoms with E-state index in [1.165, 1.54) is 18.7 Å². The minimum atomic E-state index is 0.0724. The quantitative estimate of drug-likeness (QED) is 0.853. The average Bonchev–Trinajstić information content (AvgIpc) is 2.47. The van der Waals surface area contributed by atoms with E-state index in [1.54, 1.807) is 7.11 Å². The van der Waals surface area contributed by atoms with Gasteiger partial charge in [0, 0.05) is 44.8 Å². The zero-order valence-corrected chi connectivity index (χ0v) is 10.9. The zero-order valence-electron chi connectivity index (χ0n) is 10.9. The van der Waals surface area contributed by atoms with Crippen molar-refractivity contribution < 1.29 is 4.74 Å². The molecule has 0 saturated carbocycles. The largest absolute Gasteiger partial charge is 0.497 e. The van der Waals surface area contributed by atoms with Gasteiger partial charge in [0.2, 0.25) is 0 Å². The van der Waals surface area contributed by atoms with E-state index >= 15 is 0 Å². The molecule has 3 aliphatic rings. The van der Waals surface area contributed by atoms with Crippen molar-refractivity contribution in [1.82, 2.24) is 9.80 Å². The van der Waals surface area contributed by atoms with Crippen LogP contribution in [0.25, 0.3) is 0 Å². The summed E-state index contributed by atoms with van der Waals surface area (Å²) in [7, 11) is 1.70. The van der Waals surface area contributed by atoms with Gasteiger partial charge in [0.05, 0.1) is 7.11 Å². The molecule has 0 aliphatic carbocycles. The minimum absolute atomic E-state index is 0.0724. The number of methoxy groups -OCH3 is 1. The molecule has 1 aromatic rings. The summed E-state index contributed by atoms with van der Waals surface area (Å²) < 4.78 is 5.27. The van der Waals surface area contributed by atoms with E-state index in [1.807, 2.05) is 12.1 Å². The van der Waals surface area contributed by atoms with Crippen LogP contribution in [0.5, 0.6) is 5.75 Å². The predicted molar refractivity (Wildman–Crippen MR) is 71.7 cm³/mol. The Labute approximate surface area is 108 Å². The van der Waals surface area contributed by atoms with Gasteiger partial charge in [0.25, 0.3) is 0 Å². The van der Waals surface area contributed by atoms with Gasteiger partial charge in [-0.05, 0) is 17.7 Å². The van der Waals surface area contributed by atoms with Crippen molar-refractivity contribution in [3.8, 4) is 5.75 Å². The molecule has 3 aliphatic heterocycles. The van der Waals surface area contributed by atoms with Crippen LogP contribution in [0, 0.1) is 0 Å². The van der Waals surface area contributed by atoms with Crippen molar-refractivity contribution in [2.45, 2.75) is 12.1 Å². The first-order chi connectivity index (χ1) is 8.78. The minimum Gasteiger partial charge on any atom is -0.497 e. The van der Waals surface area contributed by atoms with Crippen LogP contribution in [0.1, 0.15) is 11.6 Å². The number of nitrogens with zero attached hydrogens (tertiary/aromatic N) is 2. The number of hydrogen-bond donors (Lipinski definition) is 1. The fourth-order valence-corrected chi connectivity index (χ4v) is 3.07. The van der Waals surface area contributed by atoms with Gasteiger partial charge < -0.3 is 10.5 Å². The van der Waals surface area contributed by atoms with Crippen LogP contribution in [0.4, 0.5) is 0 Å². The lowest BCUT2D eigenvalue weighted by molar-refractivity contribution is 0.00212. The Kier molecular flexibility index (Phi) is 3.24. The van der Waals surface area contributed by atoms with E-state index in [4.69, 9.17) is 10.5 Å². The van der Waals surface area contributed by atoms with Gasteiger partial charge in [0.15, 0.2) is 0 Å². The van der Waals surface area contributed by atoms with Gasteiger partial charge in [-0.25, -0.2) is 0 Å². The second-order valence-electron chi connectivity index (χ2n) is 5.21. The third-order valence-electron chi connectivity index (χ3n) is 4.21. The average molecular weight is 247 g/mol. The molecule has 2 N–H and O–H groups in total. The molecule has 4 heteroatoms. The van der Waals surface area contributed by atoms with E-state index < -0.39 is 0 Å². The lowest BCUT2D eigenvalue weighted by Crippen LogP contribution is -2.63. The molecular weight excluding hydrogens is 226 g/mol. The molecule has 3 fully saturated rings. The van der Waals surface area contributed by atoms with Crippen molar-refractivity contribution in [3.63, 3.8) is 0 Å². The highest BCUT2D eigenvalue weighted by molar-refractivity contribution is 5.31. The van der Waals surface area contributed by atoms with Gasteiger partial charge in [-0.15, -0.1) is 0 Å². The number of hydrogen-bond acceptors (Lipinski definition) is 4. The molecule has 0 spiro atoms. The highest BCUT2D eigenvalue weighted by atomic mass is 16.5. The predicted octanol–water partition coefficient (Wildman–Crippen LogP) is 0.695. The van der Waals surface area contributed by atoms with Gasteiger partial charge in [0.1, 0.15) is 5.75 Å². The monoisotopic (exact) mass is 247 g/mol. The molecule has 0 radical (unpaired) electrons. The maximum absolute atomic E-state index is 6.46. The smallest absolute Gasteiger partial charge is 0.119 e. The summed E-state index contributed by atoms with van der Waals surface area (Å²) in [5.74, 6) is 0.888. The molecule has 3 saturated heterocycles. The number of benzene rings is 1. The number of rotatable bonds is 3. The van der Waals surface area contributed by atoms with Crippen molar-refractivity contribution in [2.24, 2.45) is 5.73 Å². The number of nitrogens with two attached hydrogens (primary N) is 1. The number of fused-ring (bicyclic) bond motifs is 3. The molecule has 2 atom stereocenters. The van der Waals surface area contributed by atoms with Gasteiger partial charge in [-0.1, -0.05) is 12.1 Å². The van der Waals surface area contributed by atoms with E-state index in [9.17, 15) is 0 Å². The summed E-state index contributed by atoms with van der Waals surface area (Å²) in [4.78, 5) is 5.05. The van der Waals surface area contributed by atoms with Crippen LogP contribution in [-0.2, 0) is 0 Å². The molecule has 1 aromatic carbocycles. The van der Waals surface area contributed by atoms with Crippen LogP contribution in [0.2, 0.25) is 0 Å².